The fraction of sp³-hybridized carbons (Fsp3) is 0.389. The molecule has 6 nitrogen and oxygen atoms in total. The molecule has 0 aliphatic carbocycles. The predicted molar refractivity (Wildman–Crippen MR) is 91.0 cm³/mol. The van der Waals surface area contributed by atoms with Crippen LogP contribution in [0, 0.1) is 13.8 Å². The van der Waals surface area contributed by atoms with E-state index in [0.29, 0.717) is 11.2 Å². The van der Waals surface area contributed by atoms with Crippen LogP contribution in [0.3, 0.4) is 0 Å². The number of amides is 1. The highest BCUT2D eigenvalue weighted by atomic mass is 16.3. The molecule has 1 atom stereocenters. The quantitative estimate of drug-likeness (QED) is 0.723. The Morgan fingerprint density at radius 3 is 2.92 bits per heavy atom. The minimum atomic E-state index is -0.0607. The molecule has 3 aromatic rings. The van der Waals surface area contributed by atoms with Crippen LogP contribution in [0.25, 0.3) is 5.65 Å². The van der Waals surface area contributed by atoms with Gasteiger partial charge in [0.25, 0.3) is 5.91 Å². The van der Waals surface area contributed by atoms with Crippen LogP contribution in [0.1, 0.15) is 40.9 Å². The van der Waals surface area contributed by atoms with Crippen LogP contribution in [-0.4, -0.2) is 38.5 Å². The molecule has 3 rings (SSSR count). The number of rotatable bonds is 5. The van der Waals surface area contributed by atoms with E-state index in [0.717, 1.165) is 30.0 Å². The van der Waals surface area contributed by atoms with Crippen LogP contribution >= 0.6 is 0 Å². The molecule has 0 radical (unpaired) electrons. The Morgan fingerprint density at radius 2 is 2.21 bits per heavy atom. The monoisotopic (exact) mass is 326 g/mol. The van der Waals surface area contributed by atoms with E-state index in [4.69, 9.17) is 4.42 Å². The Kier molecular flexibility index (Phi) is 4.38. The van der Waals surface area contributed by atoms with Crippen molar-refractivity contribution in [1.29, 1.82) is 0 Å². The van der Waals surface area contributed by atoms with Crippen molar-refractivity contribution < 1.29 is 9.21 Å². The lowest BCUT2D eigenvalue weighted by molar-refractivity contribution is 0.0738. The predicted octanol–water partition coefficient (Wildman–Crippen LogP) is 3.03. The summed E-state index contributed by atoms with van der Waals surface area (Å²) in [5.74, 6) is 0.876. The lowest BCUT2D eigenvalue weighted by atomic mass is 10.1. The third kappa shape index (κ3) is 3.04. The molecule has 0 spiro atoms. The van der Waals surface area contributed by atoms with Crippen LogP contribution < -0.4 is 0 Å². The Morgan fingerprint density at radius 1 is 1.42 bits per heavy atom. The summed E-state index contributed by atoms with van der Waals surface area (Å²) in [6.07, 6.45) is 4.91. The first kappa shape index (κ1) is 16.2. The number of hydrogen-bond donors (Lipinski definition) is 0. The average molecular weight is 326 g/mol. The smallest absolute Gasteiger partial charge is 0.259 e. The minimum Gasteiger partial charge on any atom is -0.469 e. The van der Waals surface area contributed by atoms with E-state index in [2.05, 4.69) is 10.1 Å². The molecule has 1 amide bonds. The Hall–Kier alpha value is -2.63. The number of fused-ring (bicyclic) bond motifs is 1. The zero-order valence-electron chi connectivity index (χ0n) is 14.5. The van der Waals surface area contributed by atoms with Crippen molar-refractivity contribution >= 4 is 11.6 Å². The molecule has 0 N–H and O–H groups in total. The largest absolute Gasteiger partial charge is 0.469 e. The lowest BCUT2D eigenvalue weighted by Gasteiger charge is -2.24. The van der Waals surface area contributed by atoms with Crippen LogP contribution in [0.4, 0.5) is 0 Å². The second-order valence-corrected chi connectivity index (χ2v) is 6.22. The van der Waals surface area contributed by atoms with Gasteiger partial charge in [-0.2, -0.15) is 5.10 Å². The second-order valence-electron chi connectivity index (χ2n) is 6.22. The molecule has 1 unspecified atom stereocenters. The van der Waals surface area contributed by atoms with E-state index in [-0.39, 0.29) is 11.9 Å². The third-order valence-electron chi connectivity index (χ3n) is 4.38. The zero-order chi connectivity index (χ0) is 17.3. The molecule has 6 heteroatoms. The summed E-state index contributed by atoms with van der Waals surface area (Å²) in [5.41, 5.74) is 2.99. The van der Waals surface area contributed by atoms with Gasteiger partial charge in [0.05, 0.1) is 12.5 Å². The van der Waals surface area contributed by atoms with E-state index in [9.17, 15) is 4.79 Å². The topological polar surface area (TPSA) is 63.6 Å². The van der Waals surface area contributed by atoms with Gasteiger partial charge in [0, 0.05) is 30.9 Å². The Labute approximate surface area is 141 Å². The number of carbonyl (C=O) groups excluding carboxylic acids is 1. The highest BCUT2D eigenvalue weighted by Crippen LogP contribution is 2.16. The fourth-order valence-corrected chi connectivity index (χ4v) is 2.81. The van der Waals surface area contributed by atoms with Gasteiger partial charge in [-0.15, -0.1) is 0 Å². The normalized spacial score (nSPS) is 12.5. The number of aryl methyl sites for hydroxylation is 3. The molecule has 0 aromatic carbocycles. The van der Waals surface area contributed by atoms with E-state index >= 15 is 0 Å². The van der Waals surface area contributed by atoms with Crippen LogP contribution in [0.2, 0.25) is 0 Å². The summed E-state index contributed by atoms with van der Waals surface area (Å²) in [6.45, 7) is 5.92. The first-order valence-electron chi connectivity index (χ1n) is 8.09. The molecule has 0 fully saturated rings. The van der Waals surface area contributed by atoms with E-state index in [1.807, 2.05) is 46.0 Å². The maximum Gasteiger partial charge on any atom is 0.259 e. The van der Waals surface area contributed by atoms with Crippen molar-refractivity contribution in [2.45, 2.75) is 39.7 Å². The molecule has 0 bridgehead atoms. The average Bonchev–Trinajstić information content (AvgIpc) is 3.20. The van der Waals surface area contributed by atoms with Crippen LogP contribution in [-0.2, 0) is 6.42 Å². The van der Waals surface area contributed by atoms with Crippen molar-refractivity contribution in [3.05, 3.63) is 53.4 Å². The number of aromatic nitrogens is 3. The van der Waals surface area contributed by atoms with Gasteiger partial charge in [-0.3, -0.25) is 4.79 Å². The summed E-state index contributed by atoms with van der Waals surface area (Å²) in [7, 11) is 1.82. The van der Waals surface area contributed by atoms with Gasteiger partial charge >= 0.3 is 0 Å². The number of hydrogen-bond acceptors (Lipinski definition) is 4. The van der Waals surface area contributed by atoms with Crippen molar-refractivity contribution in [3.8, 4) is 0 Å². The van der Waals surface area contributed by atoms with E-state index < -0.39 is 0 Å². The van der Waals surface area contributed by atoms with Gasteiger partial charge in [0.15, 0.2) is 5.65 Å². The summed E-state index contributed by atoms with van der Waals surface area (Å²) < 4.78 is 7.06. The number of nitrogens with zero attached hydrogens (tertiary/aromatic N) is 4. The first-order chi connectivity index (χ1) is 11.5. The van der Waals surface area contributed by atoms with Gasteiger partial charge in [0.1, 0.15) is 11.3 Å². The van der Waals surface area contributed by atoms with Crippen molar-refractivity contribution in [2.24, 2.45) is 0 Å². The molecule has 3 aromatic heterocycles. The molecule has 0 saturated carbocycles. The minimum absolute atomic E-state index is 0.0607. The molecule has 24 heavy (non-hydrogen) atoms. The SMILES string of the molecule is Cc1cc(C)n2ncc(C(=O)N(C)C(C)CCc3ccco3)c2n1. The number of furan rings is 1. The van der Waals surface area contributed by atoms with Gasteiger partial charge < -0.3 is 9.32 Å². The van der Waals surface area contributed by atoms with Crippen molar-refractivity contribution in [3.63, 3.8) is 0 Å². The van der Waals surface area contributed by atoms with Gasteiger partial charge in [0.2, 0.25) is 0 Å². The van der Waals surface area contributed by atoms with Crippen molar-refractivity contribution in [1.82, 2.24) is 19.5 Å². The molecular formula is C18H22N4O2. The summed E-state index contributed by atoms with van der Waals surface area (Å²) >= 11 is 0. The molecular weight excluding hydrogens is 304 g/mol. The summed E-state index contributed by atoms with van der Waals surface area (Å²) in [6, 6.07) is 5.87. The van der Waals surface area contributed by atoms with Crippen LogP contribution in [0.15, 0.2) is 35.1 Å². The lowest BCUT2D eigenvalue weighted by Crippen LogP contribution is -2.35. The standard InChI is InChI=1S/C18H22N4O2/c1-12-10-14(3)22-17(20-12)16(11-19-22)18(23)21(4)13(2)7-8-15-6-5-9-24-15/h5-6,9-11,13H,7-8H2,1-4H3. The van der Waals surface area contributed by atoms with E-state index in [1.165, 1.54) is 0 Å². The first-order valence-corrected chi connectivity index (χ1v) is 8.09. The summed E-state index contributed by atoms with van der Waals surface area (Å²) in [4.78, 5) is 19.1. The van der Waals surface area contributed by atoms with Gasteiger partial charge in [-0.25, -0.2) is 9.50 Å². The summed E-state index contributed by atoms with van der Waals surface area (Å²) in [5, 5.41) is 4.30. The third-order valence-corrected chi connectivity index (χ3v) is 4.38. The molecule has 126 valence electrons. The van der Waals surface area contributed by atoms with Gasteiger partial charge in [-0.05, 0) is 45.4 Å². The zero-order valence-corrected chi connectivity index (χ0v) is 14.5. The molecule has 0 aliphatic heterocycles. The highest BCUT2D eigenvalue weighted by Gasteiger charge is 2.22. The maximum absolute atomic E-state index is 12.9. The Bertz CT molecular complexity index is 851. The fourth-order valence-electron chi connectivity index (χ4n) is 2.81. The van der Waals surface area contributed by atoms with Crippen molar-refractivity contribution in [2.75, 3.05) is 7.05 Å². The molecule has 3 heterocycles. The Balaban J connectivity index is 1.78. The van der Waals surface area contributed by atoms with E-state index in [1.54, 1.807) is 21.9 Å². The maximum atomic E-state index is 12.9. The second kappa shape index (κ2) is 6.47. The molecule has 0 aliphatic rings. The van der Waals surface area contributed by atoms with Crippen LogP contribution in [0.5, 0.6) is 0 Å². The highest BCUT2D eigenvalue weighted by molar-refractivity contribution is 5.99. The number of carbonyl (C=O) groups is 1. The van der Waals surface area contributed by atoms with Gasteiger partial charge in [-0.1, -0.05) is 0 Å². The molecule has 0 saturated heterocycles.